The zero-order chi connectivity index (χ0) is 19.4. The average Bonchev–Trinajstić information content (AvgIpc) is 2.99. The number of methoxy groups -OCH3 is 1. The minimum atomic E-state index is -0.410. The maximum absolute atomic E-state index is 12.8. The molecular weight excluding hydrogens is 340 g/mol. The second-order valence-corrected chi connectivity index (χ2v) is 9.86. The summed E-state index contributed by atoms with van der Waals surface area (Å²) < 4.78 is 4.72. The molecule has 4 aliphatic rings. The number of hydrogen-bond acceptors (Lipinski definition) is 4. The molecule has 148 valence electrons. The zero-order valence-electron chi connectivity index (χ0n) is 16.9. The Morgan fingerprint density at radius 1 is 1.07 bits per heavy atom. The lowest BCUT2D eigenvalue weighted by Gasteiger charge is -2.58. The monoisotopic (exact) mass is 372 g/mol. The van der Waals surface area contributed by atoms with Crippen LogP contribution in [0.3, 0.4) is 0 Å². The molecule has 4 heteroatoms. The third-order valence-corrected chi connectivity index (χ3v) is 8.90. The van der Waals surface area contributed by atoms with Crippen LogP contribution in [0, 0.1) is 34.5 Å². The van der Waals surface area contributed by atoms with E-state index in [-0.39, 0.29) is 29.0 Å². The molecule has 3 fully saturated rings. The number of Topliss-reactive ketones (excluding diaryl/α,β-unsaturated/α-hetero) is 1. The standard InChI is InChI=1S/C23H32O4/c1-22-10-8-15(24)12-14(22)4-5-16-17-6-7-19(20(25)13-21(26)27-3)23(17,2)11-9-18(16)22/h12,16-19H,4-11,13H2,1-3H3. The summed E-state index contributed by atoms with van der Waals surface area (Å²) in [6, 6.07) is 0. The van der Waals surface area contributed by atoms with Crippen molar-refractivity contribution in [1.29, 1.82) is 0 Å². The van der Waals surface area contributed by atoms with Crippen LogP contribution in [0.25, 0.3) is 0 Å². The number of ketones is 2. The van der Waals surface area contributed by atoms with E-state index < -0.39 is 5.97 Å². The van der Waals surface area contributed by atoms with Crippen molar-refractivity contribution in [3.8, 4) is 0 Å². The van der Waals surface area contributed by atoms with E-state index in [0.717, 1.165) is 44.9 Å². The summed E-state index contributed by atoms with van der Waals surface area (Å²) in [5.41, 5.74) is 1.58. The van der Waals surface area contributed by atoms with Gasteiger partial charge in [0.15, 0.2) is 5.78 Å². The number of esters is 1. The predicted octanol–water partition coefficient (Wildman–Crippen LogP) is 4.27. The highest BCUT2D eigenvalue weighted by molar-refractivity contribution is 5.97. The first kappa shape index (κ1) is 18.9. The number of ether oxygens (including phenoxy) is 1. The number of carbonyl (C=O) groups is 3. The lowest BCUT2D eigenvalue weighted by atomic mass is 9.46. The first-order valence-electron chi connectivity index (χ1n) is 10.6. The lowest BCUT2D eigenvalue weighted by molar-refractivity contribution is -0.146. The minimum absolute atomic E-state index is 0.000212. The van der Waals surface area contributed by atoms with Gasteiger partial charge in [-0.25, -0.2) is 0 Å². The Balaban J connectivity index is 1.57. The normalized spacial score (nSPS) is 43.2. The van der Waals surface area contributed by atoms with Crippen molar-refractivity contribution in [3.05, 3.63) is 11.6 Å². The van der Waals surface area contributed by atoms with Gasteiger partial charge in [0.1, 0.15) is 12.2 Å². The topological polar surface area (TPSA) is 60.4 Å². The van der Waals surface area contributed by atoms with Crippen molar-refractivity contribution in [2.75, 3.05) is 7.11 Å². The van der Waals surface area contributed by atoms with E-state index in [1.54, 1.807) is 0 Å². The van der Waals surface area contributed by atoms with Gasteiger partial charge in [-0.2, -0.15) is 0 Å². The van der Waals surface area contributed by atoms with Crippen molar-refractivity contribution in [2.24, 2.45) is 34.5 Å². The Kier molecular flexibility index (Phi) is 4.59. The molecule has 0 amide bonds. The van der Waals surface area contributed by atoms with Crippen molar-refractivity contribution in [1.82, 2.24) is 0 Å². The van der Waals surface area contributed by atoms with E-state index in [0.29, 0.717) is 30.0 Å². The van der Waals surface area contributed by atoms with E-state index in [4.69, 9.17) is 4.74 Å². The Labute approximate surface area is 162 Å². The molecule has 0 aromatic heterocycles. The Bertz CT molecular complexity index is 707. The number of allylic oxidation sites excluding steroid dienone is 1. The SMILES string of the molecule is COC(=O)CC(=O)C1CCC2C3CCC4=CC(=O)CCC4(C)C3CCC12C. The average molecular weight is 373 g/mol. The minimum Gasteiger partial charge on any atom is -0.469 e. The fourth-order valence-electron chi connectivity index (χ4n) is 7.43. The van der Waals surface area contributed by atoms with E-state index in [2.05, 4.69) is 13.8 Å². The summed E-state index contributed by atoms with van der Waals surface area (Å²) in [5.74, 6) is 1.83. The number of carbonyl (C=O) groups excluding carboxylic acids is 3. The molecule has 0 spiro atoms. The third kappa shape index (κ3) is 2.82. The summed E-state index contributed by atoms with van der Waals surface area (Å²) in [6.45, 7) is 4.69. The quantitative estimate of drug-likeness (QED) is 0.548. The highest BCUT2D eigenvalue weighted by Crippen LogP contribution is 2.66. The van der Waals surface area contributed by atoms with Crippen LogP contribution in [0.1, 0.15) is 71.6 Å². The molecular formula is C23H32O4. The molecule has 0 heterocycles. The molecule has 4 nitrogen and oxygen atoms in total. The summed E-state index contributed by atoms with van der Waals surface area (Å²) in [4.78, 5) is 36.4. The second-order valence-electron chi connectivity index (χ2n) is 9.86. The van der Waals surface area contributed by atoms with Crippen molar-refractivity contribution in [3.63, 3.8) is 0 Å². The zero-order valence-corrected chi connectivity index (χ0v) is 16.9. The van der Waals surface area contributed by atoms with Gasteiger partial charge in [-0.15, -0.1) is 0 Å². The Morgan fingerprint density at radius 3 is 2.59 bits per heavy atom. The maximum atomic E-state index is 12.8. The van der Waals surface area contributed by atoms with Crippen LogP contribution in [-0.2, 0) is 19.1 Å². The molecule has 0 aliphatic heterocycles. The fourth-order valence-corrected chi connectivity index (χ4v) is 7.43. The van der Waals surface area contributed by atoms with Gasteiger partial charge in [0.2, 0.25) is 0 Å². The largest absolute Gasteiger partial charge is 0.469 e. The molecule has 6 unspecified atom stereocenters. The van der Waals surface area contributed by atoms with Gasteiger partial charge in [0.25, 0.3) is 0 Å². The molecule has 0 saturated heterocycles. The van der Waals surface area contributed by atoms with Gasteiger partial charge in [-0.1, -0.05) is 19.4 Å². The molecule has 0 aromatic rings. The maximum Gasteiger partial charge on any atom is 0.313 e. The smallest absolute Gasteiger partial charge is 0.313 e. The highest BCUT2D eigenvalue weighted by atomic mass is 16.5. The van der Waals surface area contributed by atoms with Gasteiger partial charge >= 0.3 is 5.97 Å². The molecule has 27 heavy (non-hydrogen) atoms. The van der Waals surface area contributed by atoms with Crippen LogP contribution in [-0.4, -0.2) is 24.6 Å². The highest BCUT2D eigenvalue weighted by Gasteiger charge is 2.60. The first-order valence-corrected chi connectivity index (χ1v) is 10.6. The van der Waals surface area contributed by atoms with Crippen LogP contribution >= 0.6 is 0 Å². The van der Waals surface area contributed by atoms with Crippen molar-refractivity contribution in [2.45, 2.75) is 71.6 Å². The molecule has 0 N–H and O–H groups in total. The van der Waals surface area contributed by atoms with Crippen LogP contribution in [0.4, 0.5) is 0 Å². The molecule has 0 bridgehead atoms. The second kappa shape index (κ2) is 6.56. The summed E-state index contributed by atoms with van der Waals surface area (Å²) >= 11 is 0. The van der Waals surface area contributed by atoms with Gasteiger partial charge in [0, 0.05) is 12.3 Å². The molecule has 3 saturated carbocycles. The molecule has 0 radical (unpaired) electrons. The number of rotatable bonds is 3. The summed E-state index contributed by atoms with van der Waals surface area (Å²) in [7, 11) is 1.35. The van der Waals surface area contributed by atoms with Crippen LogP contribution < -0.4 is 0 Å². The molecule has 0 aromatic carbocycles. The Morgan fingerprint density at radius 2 is 1.85 bits per heavy atom. The third-order valence-electron chi connectivity index (χ3n) is 8.90. The Hall–Kier alpha value is -1.45. The number of fused-ring (bicyclic) bond motifs is 5. The van der Waals surface area contributed by atoms with Crippen LogP contribution in [0.15, 0.2) is 11.6 Å². The van der Waals surface area contributed by atoms with Gasteiger partial charge in [-0.05, 0) is 79.6 Å². The van der Waals surface area contributed by atoms with Crippen molar-refractivity contribution < 1.29 is 19.1 Å². The lowest BCUT2D eigenvalue weighted by Crippen LogP contribution is -2.51. The number of hydrogen-bond donors (Lipinski definition) is 0. The first-order chi connectivity index (χ1) is 12.8. The summed E-state index contributed by atoms with van der Waals surface area (Å²) in [6.07, 6.45) is 9.96. The van der Waals surface area contributed by atoms with E-state index in [1.165, 1.54) is 12.7 Å². The van der Waals surface area contributed by atoms with E-state index >= 15 is 0 Å². The molecule has 6 atom stereocenters. The van der Waals surface area contributed by atoms with Crippen LogP contribution in [0.2, 0.25) is 0 Å². The van der Waals surface area contributed by atoms with E-state index in [1.807, 2.05) is 6.08 Å². The summed E-state index contributed by atoms with van der Waals surface area (Å²) in [5, 5.41) is 0. The van der Waals surface area contributed by atoms with Gasteiger partial charge in [0.05, 0.1) is 7.11 Å². The predicted molar refractivity (Wildman–Crippen MR) is 102 cm³/mol. The fraction of sp³-hybridized carbons (Fsp3) is 0.783. The molecule has 4 aliphatic carbocycles. The van der Waals surface area contributed by atoms with Gasteiger partial charge < -0.3 is 4.74 Å². The molecule has 4 rings (SSSR count). The van der Waals surface area contributed by atoms with Crippen LogP contribution in [0.5, 0.6) is 0 Å². The van der Waals surface area contributed by atoms with E-state index in [9.17, 15) is 14.4 Å². The van der Waals surface area contributed by atoms with Crippen molar-refractivity contribution >= 4 is 17.5 Å². The van der Waals surface area contributed by atoms with Gasteiger partial charge in [-0.3, -0.25) is 14.4 Å².